The number of nitrogens with zero attached hydrogens (tertiary/aromatic N) is 2. The summed E-state index contributed by atoms with van der Waals surface area (Å²) >= 11 is 0. The predicted octanol–water partition coefficient (Wildman–Crippen LogP) is 2.32. The molecule has 3 aliphatic rings. The van der Waals surface area contributed by atoms with Gasteiger partial charge in [0.05, 0.1) is 29.1 Å². The van der Waals surface area contributed by atoms with Gasteiger partial charge in [-0.1, -0.05) is 0 Å². The van der Waals surface area contributed by atoms with Gasteiger partial charge < -0.3 is 14.9 Å². The summed E-state index contributed by atoms with van der Waals surface area (Å²) in [7, 11) is -3.47. The number of hydrogen-bond donors (Lipinski definition) is 2. The van der Waals surface area contributed by atoms with Gasteiger partial charge in [0, 0.05) is 31.7 Å². The number of amides is 1. The fourth-order valence-corrected chi connectivity index (χ4v) is 5.88. The third-order valence-corrected chi connectivity index (χ3v) is 7.43. The van der Waals surface area contributed by atoms with Gasteiger partial charge in [0.2, 0.25) is 15.9 Å². The molecule has 3 fully saturated rings. The van der Waals surface area contributed by atoms with Crippen LogP contribution in [0.4, 0.5) is 15.8 Å². The number of nitrogens with one attached hydrogen (secondary N) is 1. The summed E-state index contributed by atoms with van der Waals surface area (Å²) in [6.45, 7) is 1.88. The molecule has 0 radical (unpaired) electrons. The zero-order valence-electron chi connectivity index (χ0n) is 17.3. The number of anilines is 2. The Morgan fingerprint density at radius 2 is 1.90 bits per heavy atom. The number of rotatable bonds is 4. The molecular weight excluding hydrogens is 409 g/mol. The Hall–Kier alpha value is -1.87. The first-order valence-corrected chi connectivity index (χ1v) is 12.6. The van der Waals surface area contributed by atoms with Crippen molar-refractivity contribution < 1.29 is 22.7 Å². The van der Waals surface area contributed by atoms with Crippen molar-refractivity contribution in [2.45, 2.75) is 57.1 Å². The Kier molecular flexibility index (Phi) is 5.69. The van der Waals surface area contributed by atoms with E-state index in [2.05, 4.69) is 4.72 Å². The fraction of sp³-hybridized carbons (Fsp3) is 0.667. The maximum absolute atomic E-state index is 14.8. The van der Waals surface area contributed by atoms with Gasteiger partial charge in [-0.25, -0.2) is 12.8 Å². The lowest BCUT2D eigenvalue weighted by molar-refractivity contribution is -0.139. The molecule has 2 aliphatic heterocycles. The SMILES string of the molecule is CS(=O)(=O)Nc1ccc(N2CCCC3(CCN(C4CCC(O)CC4)C3=O)C2)c(F)c1. The van der Waals surface area contributed by atoms with E-state index >= 15 is 0 Å². The van der Waals surface area contributed by atoms with Gasteiger partial charge in [-0.3, -0.25) is 9.52 Å². The van der Waals surface area contributed by atoms with Crippen molar-refractivity contribution in [2.75, 3.05) is 35.5 Å². The topological polar surface area (TPSA) is 90.0 Å². The summed E-state index contributed by atoms with van der Waals surface area (Å²) in [5.74, 6) is -0.325. The molecule has 9 heteroatoms. The van der Waals surface area contributed by atoms with E-state index in [0.29, 0.717) is 18.8 Å². The Morgan fingerprint density at radius 1 is 1.17 bits per heavy atom. The lowest BCUT2D eigenvalue weighted by atomic mass is 9.78. The van der Waals surface area contributed by atoms with E-state index in [1.54, 1.807) is 12.1 Å². The molecule has 30 heavy (non-hydrogen) atoms. The molecular formula is C21H30FN3O4S. The van der Waals surface area contributed by atoms with Crippen LogP contribution in [0.2, 0.25) is 0 Å². The lowest BCUT2D eigenvalue weighted by Crippen LogP contribution is -2.50. The van der Waals surface area contributed by atoms with E-state index in [1.807, 2.05) is 9.80 Å². The third kappa shape index (κ3) is 4.27. The summed E-state index contributed by atoms with van der Waals surface area (Å²) in [5.41, 5.74) is 0.109. The standard InChI is InChI=1S/C21H30FN3O4S/c1-30(28,29)23-15-3-8-19(18(22)13-15)24-11-2-9-21(14-24)10-12-25(20(21)27)16-4-6-17(26)7-5-16/h3,8,13,16-17,23,26H,2,4-7,9-12,14H2,1H3. The summed E-state index contributed by atoms with van der Waals surface area (Å²) in [5, 5.41) is 9.76. The van der Waals surface area contributed by atoms with E-state index in [1.165, 1.54) is 6.07 Å². The molecule has 7 nitrogen and oxygen atoms in total. The molecule has 1 spiro atoms. The highest BCUT2D eigenvalue weighted by atomic mass is 32.2. The van der Waals surface area contributed by atoms with Gasteiger partial charge in [0.1, 0.15) is 5.82 Å². The number of piperidine rings is 1. The van der Waals surface area contributed by atoms with Gasteiger partial charge >= 0.3 is 0 Å². The van der Waals surface area contributed by atoms with Crippen molar-refractivity contribution in [3.05, 3.63) is 24.0 Å². The maximum atomic E-state index is 14.8. The lowest BCUT2D eigenvalue weighted by Gasteiger charge is -2.41. The van der Waals surface area contributed by atoms with Gasteiger partial charge in [-0.2, -0.15) is 0 Å². The molecule has 2 saturated heterocycles. The van der Waals surface area contributed by atoms with Crippen LogP contribution in [0.15, 0.2) is 18.2 Å². The molecule has 0 bridgehead atoms. The first-order chi connectivity index (χ1) is 14.2. The number of carbonyl (C=O) groups is 1. The molecule has 0 aromatic heterocycles. The van der Waals surface area contributed by atoms with Crippen LogP contribution in [0.5, 0.6) is 0 Å². The van der Waals surface area contributed by atoms with Crippen molar-refractivity contribution >= 4 is 27.3 Å². The van der Waals surface area contributed by atoms with E-state index in [0.717, 1.165) is 57.7 Å². The second-order valence-electron chi connectivity index (χ2n) is 9.06. The zero-order valence-corrected chi connectivity index (χ0v) is 18.1. The largest absolute Gasteiger partial charge is 0.393 e. The van der Waals surface area contributed by atoms with E-state index in [4.69, 9.17) is 0 Å². The minimum Gasteiger partial charge on any atom is -0.393 e. The molecule has 1 saturated carbocycles. The average molecular weight is 440 g/mol. The first-order valence-electron chi connectivity index (χ1n) is 10.7. The molecule has 2 heterocycles. The number of carbonyl (C=O) groups excluding carboxylic acids is 1. The normalized spacial score (nSPS) is 30.2. The van der Waals surface area contributed by atoms with Crippen LogP contribution in [-0.4, -0.2) is 62.4 Å². The fourth-order valence-electron chi connectivity index (χ4n) is 5.32. The minimum absolute atomic E-state index is 0.171. The maximum Gasteiger partial charge on any atom is 0.230 e. The van der Waals surface area contributed by atoms with Gasteiger partial charge in [0.15, 0.2) is 0 Å². The second kappa shape index (κ2) is 8.00. The summed E-state index contributed by atoms with van der Waals surface area (Å²) in [6.07, 6.45) is 6.34. The summed E-state index contributed by atoms with van der Waals surface area (Å²) in [4.78, 5) is 17.3. The van der Waals surface area contributed by atoms with Crippen LogP contribution >= 0.6 is 0 Å². The number of sulfonamides is 1. The van der Waals surface area contributed by atoms with Crippen LogP contribution in [0, 0.1) is 11.2 Å². The van der Waals surface area contributed by atoms with Crippen LogP contribution in [0.3, 0.4) is 0 Å². The summed E-state index contributed by atoms with van der Waals surface area (Å²) in [6, 6.07) is 4.53. The van der Waals surface area contributed by atoms with Crippen molar-refractivity contribution in [3.63, 3.8) is 0 Å². The zero-order chi connectivity index (χ0) is 21.5. The highest BCUT2D eigenvalue weighted by Gasteiger charge is 2.50. The Morgan fingerprint density at radius 3 is 2.57 bits per heavy atom. The quantitative estimate of drug-likeness (QED) is 0.752. The molecule has 2 N–H and O–H groups in total. The molecule has 1 aliphatic carbocycles. The smallest absolute Gasteiger partial charge is 0.230 e. The second-order valence-corrected chi connectivity index (χ2v) is 10.8. The number of aliphatic hydroxyl groups excluding tert-OH is 1. The molecule has 1 amide bonds. The van der Waals surface area contributed by atoms with E-state index in [-0.39, 0.29) is 23.7 Å². The van der Waals surface area contributed by atoms with Crippen molar-refractivity contribution in [3.8, 4) is 0 Å². The molecule has 1 atom stereocenters. The number of aliphatic hydroxyl groups is 1. The van der Waals surface area contributed by atoms with Crippen LogP contribution < -0.4 is 9.62 Å². The number of likely N-dealkylation sites (tertiary alicyclic amines) is 1. The van der Waals surface area contributed by atoms with Crippen molar-refractivity contribution in [2.24, 2.45) is 5.41 Å². The highest BCUT2D eigenvalue weighted by Crippen LogP contribution is 2.43. The average Bonchev–Trinajstić information content (AvgIpc) is 2.97. The number of halogens is 1. The molecule has 166 valence electrons. The predicted molar refractivity (Wildman–Crippen MR) is 113 cm³/mol. The van der Waals surface area contributed by atoms with E-state index < -0.39 is 21.3 Å². The monoisotopic (exact) mass is 439 g/mol. The van der Waals surface area contributed by atoms with Crippen molar-refractivity contribution in [1.29, 1.82) is 0 Å². The van der Waals surface area contributed by atoms with Crippen molar-refractivity contribution in [1.82, 2.24) is 4.90 Å². The summed E-state index contributed by atoms with van der Waals surface area (Å²) < 4.78 is 39.8. The van der Waals surface area contributed by atoms with Crippen LogP contribution in [0.1, 0.15) is 44.9 Å². The molecule has 1 aromatic rings. The third-order valence-electron chi connectivity index (χ3n) is 6.82. The Balaban J connectivity index is 1.49. The Bertz CT molecular complexity index is 917. The Labute approximate surface area is 177 Å². The van der Waals surface area contributed by atoms with E-state index in [9.17, 15) is 22.7 Å². The number of benzene rings is 1. The van der Waals surface area contributed by atoms with Gasteiger partial charge in [0.25, 0.3) is 0 Å². The number of hydrogen-bond acceptors (Lipinski definition) is 5. The van der Waals surface area contributed by atoms with Crippen LogP contribution in [-0.2, 0) is 14.8 Å². The first kappa shape index (κ1) is 21.4. The van der Waals surface area contributed by atoms with Gasteiger partial charge in [-0.05, 0) is 57.1 Å². The molecule has 1 aromatic carbocycles. The van der Waals surface area contributed by atoms with Crippen LogP contribution in [0.25, 0.3) is 0 Å². The molecule has 1 unspecified atom stereocenters. The molecule has 4 rings (SSSR count). The highest BCUT2D eigenvalue weighted by molar-refractivity contribution is 7.92. The van der Waals surface area contributed by atoms with Gasteiger partial charge in [-0.15, -0.1) is 0 Å². The minimum atomic E-state index is -3.47.